The zero-order valence-electron chi connectivity index (χ0n) is 18.1. The molecule has 0 bridgehead atoms. The molecule has 170 valence electrons. The lowest BCUT2D eigenvalue weighted by atomic mass is 9.97. The summed E-state index contributed by atoms with van der Waals surface area (Å²) in [4.78, 5) is 15.8. The van der Waals surface area contributed by atoms with Gasteiger partial charge in [-0.15, -0.1) is 0 Å². The van der Waals surface area contributed by atoms with Gasteiger partial charge in [0, 0.05) is 29.3 Å². The molecule has 2 aliphatic rings. The highest BCUT2D eigenvalue weighted by Gasteiger charge is 2.31. The first-order valence-corrected chi connectivity index (χ1v) is 11.3. The smallest absolute Gasteiger partial charge is 0.306 e. The fraction of sp³-hybridized carbons (Fsp3) is 0.308. The highest BCUT2D eigenvalue weighted by atomic mass is 35.5. The highest BCUT2D eigenvalue weighted by molar-refractivity contribution is 6.29. The Morgan fingerprint density at radius 2 is 2.12 bits per heavy atom. The molecule has 1 aromatic heterocycles. The van der Waals surface area contributed by atoms with Crippen LogP contribution in [0, 0.1) is 5.82 Å². The Morgan fingerprint density at radius 1 is 1.24 bits per heavy atom. The van der Waals surface area contributed by atoms with E-state index in [1.54, 1.807) is 12.3 Å². The number of benzene rings is 2. The Kier molecular flexibility index (Phi) is 5.94. The van der Waals surface area contributed by atoms with Gasteiger partial charge in [-0.25, -0.2) is 9.37 Å². The second-order valence-corrected chi connectivity index (χ2v) is 8.78. The molecular weight excluding hydrogens is 445 g/mol. The van der Waals surface area contributed by atoms with Gasteiger partial charge in [0.1, 0.15) is 28.6 Å². The van der Waals surface area contributed by atoms with Crippen molar-refractivity contribution in [3.8, 4) is 11.5 Å². The number of rotatable bonds is 6. The molecule has 1 aliphatic heterocycles. The molecule has 7 heteroatoms. The van der Waals surface area contributed by atoms with Crippen molar-refractivity contribution in [3.05, 3.63) is 87.4 Å². The largest absolute Gasteiger partial charge is 0.492 e. The van der Waals surface area contributed by atoms with E-state index in [0.29, 0.717) is 41.7 Å². The van der Waals surface area contributed by atoms with E-state index in [-0.39, 0.29) is 30.2 Å². The van der Waals surface area contributed by atoms with Crippen molar-refractivity contribution in [2.45, 2.75) is 37.7 Å². The number of esters is 1. The van der Waals surface area contributed by atoms with Crippen LogP contribution in [-0.2, 0) is 22.4 Å². The van der Waals surface area contributed by atoms with Gasteiger partial charge >= 0.3 is 5.97 Å². The fourth-order valence-electron chi connectivity index (χ4n) is 4.71. The van der Waals surface area contributed by atoms with Crippen LogP contribution in [0.3, 0.4) is 0 Å². The Morgan fingerprint density at radius 3 is 2.91 bits per heavy atom. The Labute approximate surface area is 196 Å². The van der Waals surface area contributed by atoms with E-state index in [1.165, 1.54) is 13.2 Å². The summed E-state index contributed by atoms with van der Waals surface area (Å²) in [6.07, 6.45) is 3.76. The normalized spacial score (nSPS) is 18.4. The van der Waals surface area contributed by atoms with Crippen molar-refractivity contribution < 1.29 is 23.4 Å². The Hall–Kier alpha value is -3.12. The Balaban J connectivity index is 1.35. The van der Waals surface area contributed by atoms with E-state index in [0.717, 1.165) is 28.7 Å². The third kappa shape index (κ3) is 4.40. The van der Waals surface area contributed by atoms with E-state index in [1.807, 2.05) is 30.3 Å². The number of halogens is 2. The van der Waals surface area contributed by atoms with Gasteiger partial charge in [0.15, 0.2) is 0 Å². The van der Waals surface area contributed by atoms with E-state index in [9.17, 15) is 9.18 Å². The highest BCUT2D eigenvalue weighted by Crippen LogP contribution is 2.42. The maximum atomic E-state index is 14.9. The standard InChI is InChI=1S/C26H23ClFNO4/c1-31-25(30)11-17-14-32-23-12-18(4-5-19(17)23)33-22-8-6-20-16(3-7-21(28)26(20)22)10-15-2-9-24(27)29-13-15/h2-5,7,9,12-13,17,22H,6,8,10-11,14H2,1H3/t17-,22-/m1/s1. The molecule has 2 heterocycles. The van der Waals surface area contributed by atoms with Crippen LogP contribution in [0.2, 0.25) is 5.15 Å². The topological polar surface area (TPSA) is 57.7 Å². The van der Waals surface area contributed by atoms with Crippen LogP contribution in [0.15, 0.2) is 48.7 Å². The van der Waals surface area contributed by atoms with E-state index < -0.39 is 0 Å². The van der Waals surface area contributed by atoms with Crippen molar-refractivity contribution in [3.63, 3.8) is 0 Å². The molecule has 1 aliphatic carbocycles. The van der Waals surface area contributed by atoms with Crippen LogP contribution >= 0.6 is 11.6 Å². The van der Waals surface area contributed by atoms with Crippen LogP contribution in [0.5, 0.6) is 11.5 Å². The van der Waals surface area contributed by atoms with Crippen molar-refractivity contribution in [1.29, 1.82) is 0 Å². The fourth-order valence-corrected chi connectivity index (χ4v) is 4.82. The average molecular weight is 468 g/mol. The van der Waals surface area contributed by atoms with Crippen molar-refractivity contribution >= 4 is 17.6 Å². The minimum atomic E-state index is -0.367. The summed E-state index contributed by atoms with van der Waals surface area (Å²) in [7, 11) is 1.38. The molecule has 0 N–H and O–H groups in total. The molecule has 3 aromatic rings. The number of ether oxygens (including phenoxy) is 3. The second-order valence-electron chi connectivity index (χ2n) is 8.40. The van der Waals surface area contributed by atoms with Gasteiger partial charge in [0.05, 0.1) is 20.1 Å². The number of hydrogen-bond donors (Lipinski definition) is 0. The number of methoxy groups -OCH3 is 1. The molecule has 0 unspecified atom stereocenters. The molecule has 0 saturated heterocycles. The summed E-state index contributed by atoms with van der Waals surface area (Å²) in [5.41, 5.74) is 4.69. The first-order valence-electron chi connectivity index (χ1n) is 10.9. The van der Waals surface area contributed by atoms with Crippen LogP contribution in [0.4, 0.5) is 4.39 Å². The molecule has 0 saturated carbocycles. The molecule has 0 amide bonds. The zero-order chi connectivity index (χ0) is 22.9. The predicted octanol–water partition coefficient (Wildman–Crippen LogP) is 5.57. The quantitative estimate of drug-likeness (QED) is 0.350. The number of carbonyl (C=O) groups is 1. The van der Waals surface area contributed by atoms with Gasteiger partial charge in [-0.1, -0.05) is 29.8 Å². The summed E-state index contributed by atoms with van der Waals surface area (Å²) >= 11 is 5.89. The molecule has 5 nitrogen and oxygen atoms in total. The minimum Gasteiger partial charge on any atom is -0.492 e. The van der Waals surface area contributed by atoms with Crippen LogP contribution < -0.4 is 9.47 Å². The molecule has 0 fully saturated rings. The molecule has 33 heavy (non-hydrogen) atoms. The van der Waals surface area contributed by atoms with E-state index in [2.05, 4.69) is 4.98 Å². The first-order chi connectivity index (χ1) is 16.0. The maximum absolute atomic E-state index is 14.9. The molecule has 0 spiro atoms. The van der Waals surface area contributed by atoms with Crippen molar-refractivity contribution in [1.82, 2.24) is 4.98 Å². The molecular formula is C26H23ClFNO4. The third-order valence-electron chi connectivity index (χ3n) is 6.35. The number of fused-ring (bicyclic) bond motifs is 2. The lowest BCUT2D eigenvalue weighted by Gasteiger charge is -2.17. The molecule has 2 aromatic carbocycles. The monoisotopic (exact) mass is 467 g/mol. The maximum Gasteiger partial charge on any atom is 0.306 e. The summed E-state index contributed by atoms with van der Waals surface area (Å²) in [6.45, 7) is 0.428. The van der Waals surface area contributed by atoms with Crippen LogP contribution in [0.1, 0.15) is 52.7 Å². The predicted molar refractivity (Wildman–Crippen MR) is 121 cm³/mol. The number of carbonyl (C=O) groups excluding carboxylic acids is 1. The number of pyridine rings is 1. The van der Waals surface area contributed by atoms with E-state index >= 15 is 0 Å². The molecule has 2 atom stereocenters. The van der Waals surface area contributed by atoms with Gasteiger partial charge < -0.3 is 14.2 Å². The van der Waals surface area contributed by atoms with Gasteiger partial charge in [0.2, 0.25) is 0 Å². The number of hydrogen-bond acceptors (Lipinski definition) is 5. The van der Waals surface area contributed by atoms with Gasteiger partial charge in [-0.05, 0) is 54.2 Å². The SMILES string of the molecule is COC(=O)C[C@@H]1COc2cc(O[C@@H]3CCc4c(Cc5ccc(Cl)nc5)ccc(F)c43)ccc21. The van der Waals surface area contributed by atoms with Crippen LogP contribution in [-0.4, -0.2) is 24.7 Å². The van der Waals surface area contributed by atoms with Crippen LogP contribution in [0.25, 0.3) is 0 Å². The second kappa shape index (κ2) is 9.02. The summed E-state index contributed by atoms with van der Waals surface area (Å²) in [6, 6.07) is 12.7. The van der Waals surface area contributed by atoms with E-state index in [4.69, 9.17) is 25.8 Å². The average Bonchev–Trinajstić information content (AvgIpc) is 3.42. The Bertz CT molecular complexity index is 1200. The third-order valence-corrected chi connectivity index (χ3v) is 6.57. The minimum absolute atomic E-state index is 0.0314. The lowest BCUT2D eigenvalue weighted by molar-refractivity contribution is -0.141. The first kappa shape index (κ1) is 21.7. The molecule has 5 rings (SSSR count). The van der Waals surface area contributed by atoms with Gasteiger partial charge in [-0.3, -0.25) is 4.79 Å². The van der Waals surface area contributed by atoms with Gasteiger partial charge in [0.25, 0.3) is 0 Å². The zero-order valence-corrected chi connectivity index (χ0v) is 18.9. The van der Waals surface area contributed by atoms with Crippen molar-refractivity contribution in [2.75, 3.05) is 13.7 Å². The van der Waals surface area contributed by atoms with Gasteiger partial charge in [-0.2, -0.15) is 0 Å². The van der Waals surface area contributed by atoms with Crippen molar-refractivity contribution in [2.24, 2.45) is 0 Å². The summed E-state index contributed by atoms with van der Waals surface area (Å²) in [5.74, 6) is 0.776. The number of aromatic nitrogens is 1. The number of nitrogens with zero attached hydrogens (tertiary/aromatic N) is 1. The summed E-state index contributed by atoms with van der Waals surface area (Å²) < 4.78 is 31.6. The summed E-state index contributed by atoms with van der Waals surface area (Å²) in [5, 5.41) is 0.450. The molecule has 0 radical (unpaired) electrons. The lowest BCUT2D eigenvalue weighted by Crippen LogP contribution is -2.09.